The van der Waals surface area contributed by atoms with Crippen LogP contribution in [0.25, 0.3) is 0 Å². The number of amides is 1. The average molecular weight is 387 g/mol. The molecule has 1 atom stereocenters. The molecule has 0 bridgehead atoms. The van der Waals surface area contributed by atoms with Gasteiger partial charge in [-0.2, -0.15) is 0 Å². The van der Waals surface area contributed by atoms with E-state index in [0.717, 1.165) is 0 Å². The van der Waals surface area contributed by atoms with Crippen LogP contribution in [0.5, 0.6) is 11.5 Å². The Balaban J connectivity index is 2.27. The lowest BCUT2D eigenvalue weighted by Gasteiger charge is -2.17. The molecule has 2 aromatic rings. The Morgan fingerprint density at radius 3 is 2.11 bits per heavy atom. The van der Waals surface area contributed by atoms with E-state index >= 15 is 0 Å². The van der Waals surface area contributed by atoms with E-state index in [9.17, 15) is 19.5 Å². The molecule has 0 fully saturated rings. The Hall–Kier alpha value is -3.55. The van der Waals surface area contributed by atoms with E-state index in [1.165, 1.54) is 26.4 Å². The molecule has 148 valence electrons. The summed E-state index contributed by atoms with van der Waals surface area (Å²) in [5, 5.41) is 21.1. The fourth-order valence-electron chi connectivity index (χ4n) is 2.83. The molecule has 0 aliphatic heterocycles. The van der Waals surface area contributed by atoms with Crippen LogP contribution in [0.1, 0.15) is 34.7 Å². The molecule has 2 rings (SSSR count). The summed E-state index contributed by atoms with van der Waals surface area (Å²) in [4.78, 5) is 35.3. The molecule has 1 amide bonds. The van der Waals surface area contributed by atoms with Crippen LogP contribution >= 0.6 is 0 Å². The molecular formula is C20H21NO7. The lowest BCUT2D eigenvalue weighted by Crippen LogP contribution is -2.19. The van der Waals surface area contributed by atoms with Crippen LogP contribution < -0.4 is 14.8 Å². The first-order valence-corrected chi connectivity index (χ1v) is 8.41. The van der Waals surface area contributed by atoms with Crippen LogP contribution in [0.4, 0.5) is 5.69 Å². The zero-order valence-corrected chi connectivity index (χ0v) is 15.5. The first-order chi connectivity index (χ1) is 13.3. The highest BCUT2D eigenvalue weighted by molar-refractivity contribution is 6.01. The third-order valence-electron chi connectivity index (χ3n) is 4.15. The van der Waals surface area contributed by atoms with Crippen LogP contribution in [0, 0.1) is 0 Å². The number of methoxy groups -OCH3 is 2. The van der Waals surface area contributed by atoms with Crippen molar-refractivity contribution < 1.29 is 34.1 Å². The predicted octanol–water partition coefficient (Wildman–Crippen LogP) is 2.99. The number of aliphatic carboxylic acids is 1. The van der Waals surface area contributed by atoms with Gasteiger partial charge < -0.3 is 25.0 Å². The number of hydrogen-bond donors (Lipinski definition) is 3. The van der Waals surface area contributed by atoms with E-state index in [2.05, 4.69) is 5.32 Å². The van der Waals surface area contributed by atoms with Crippen LogP contribution in [-0.2, 0) is 9.59 Å². The molecule has 0 aliphatic rings. The Morgan fingerprint density at radius 2 is 1.57 bits per heavy atom. The minimum Gasteiger partial charge on any atom is -0.493 e. The van der Waals surface area contributed by atoms with Gasteiger partial charge >= 0.3 is 11.9 Å². The highest BCUT2D eigenvalue weighted by Crippen LogP contribution is 2.34. The van der Waals surface area contributed by atoms with Crippen LogP contribution in [-0.4, -0.2) is 42.3 Å². The Labute approximate surface area is 161 Å². The Morgan fingerprint density at radius 1 is 0.964 bits per heavy atom. The molecular weight excluding hydrogens is 366 g/mol. The third kappa shape index (κ3) is 5.23. The normalized spacial score (nSPS) is 11.4. The van der Waals surface area contributed by atoms with Gasteiger partial charge in [0.2, 0.25) is 5.91 Å². The van der Waals surface area contributed by atoms with Gasteiger partial charge in [0.25, 0.3) is 0 Å². The van der Waals surface area contributed by atoms with Crippen molar-refractivity contribution in [2.24, 2.45) is 0 Å². The number of ether oxygens (including phenoxy) is 2. The number of carboxylic acids is 2. The van der Waals surface area contributed by atoms with E-state index < -0.39 is 23.8 Å². The maximum atomic E-state index is 12.5. The molecule has 0 aromatic heterocycles. The van der Waals surface area contributed by atoms with E-state index in [1.54, 1.807) is 30.3 Å². The monoisotopic (exact) mass is 387 g/mol. The van der Waals surface area contributed by atoms with Crippen molar-refractivity contribution in [3.63, 3.8) is 0 Å². The second-order valence-electron chi connectivity index (χ2n) is 6.02. The standard InChI is InChI=1S/C20H21NO7/c1-27-16-10-14(20(25)26)15(11-17(16)28-2)21-18(22)8-13(9-19(23)24)12-6-4-3-5-7-12/h3-7,10-11,13H,8-9H2,1-2H3,(H,21,22)(H,23,24)(H,25,26)/t13-/m1/s1. The molecule has 0 unspecified atom stereocenters. The summed E-state index contributed by atoms with van der Waals surface area (Å²) in [5.74, 6) is -2.86. The lowest BCUT2D eigenvalue weighted by atomic mass is 9.92. The fourth-order valence-corrected chi connectivity index (χ4v) is 2.83. The quantitative estimate of drug-likeness (QED) is 0.604. The molecule has 0 saturated heterocycles. The van der Waals surface area contributed by atoms with Gasteiger partial charge in [0.1, 0.15) is 0 Å². The van der Waals surface area contributed by atoms with Crippen molar-refractivity contribution in [3.05, 3.63) is 53.6 Å². The largest absolute Gasteiger partial charge is 0.493 e. The number of carbonyl (C=O) groups is 3. The first-order valence-electron chi connectivity index (χ1n) is 8.41. The van der Waals surface area contributed by atoms with Gasteiger partial charge in [0, 0.05) is 24.5 Å². The van der Waals surface area contributed by atoms with Crippen LogP contribution in [0.15, 0.2) is 42.5 Å². The summed E-state index contributed by atoms with van der Waals surface area (Å²) in [5.41, 5.74) is 0.587. The zero-order chi connectivity index (χ0) is 20.7. The van der Waals surface area contributed by atoms with Crippen LogP contribution in [0.2, 0.25) is 0 Å². The molecule has 0 spiro atoms. The van der Waals surface area contributed by atoms with E-state index in [4.69, 9.17) is 14.6 Å². The lowest BCUT2D eigenvalue weighted by molar-refractivity contribution is -0.137. The summed E-state index contributed by atoms with van der Waals surface area (Å²) in [6, 6.07) is 11.4. The predicted molar refractivity (Wildman–Crippen MR) is 101 cm³/mol. The van der Waals surface area contributed by atoms with Crippen molar-refractivity contribution in [3.8, 4) is 11.5 Å². The SMILES string of the molecule is COc1cc(NC(=O)C[C@H](CC(=O)O)c2ccccc2)c(C(=O)O)cc1OC. The molecule has 0 radical (unpaired) electrons. The number of aromatic carboxylic acids is 1. The Bertz CT molecular complexity index is 864. The maximum Gasteiger partial charge on any atom is 0.337 e. The highest BCUT2D eigenvalue weighted by atomic mass is 16.5. The average Bonchev–Trinajstić information content (AvgIpc) is 2.67. The van der Waals surface area contributed by atoms with Gasteiger partial charge in [-0.05, 0) is 5.56 Å². The number of carbonyl (C=O) groups excluding carboxylic acids is 1. The van der Waals surface area contributed by atoms with Gasteiger partial charge in [0.15, 0.2) is 11.5 Å². The summed E-state index contributed by atoms with van der Waals surface area (Å²) >= 11 is 0. The van der Waals surface area contributed by atoms with Crippen molar-refractivity contribution in [2.75, 3.05) is 19.5 Å². The molecule has 0 heterocycles. The first kappa shape index (κ1) is 20.8. The topological polar surface area (TPSA) is 122 Å². The maximum absolute atomic E-state index is 12.5. The number of carboxylic acid groups (broad SMARTS) is 2. The molecule has 0 saturated carbocycles. The second kappa shape index (κ2) is 9.40. The van der Waals surface area contributed by atoms with Gasteiger partial charge in [0.05, 0.1) is 31.9 Å². The van der Waals surface area contributed by atoms with E-state index in [1.807, 2.05) is 0 Å². The molecule has 2 aromatic carbocycles. The van der Waals surface area contributed by atoms with Crippen molar-refractivity contribution in [1.29, 1.82) is 0 Å². The second-order valence-corrected chi connectivity index (χ2v) is 6.02. The van der Waals surface area contributed by atoms with Gasteiger partial charge in [-0.25, -0.2) is 4.79 Å². The number of anilines is 1. The zero-order valence-electron chi connectivity index (χ0n) is 15.5. The van der Waals surface area contributed by atoms with E-state index in [0.29, 0.717) is 5.56 Å². The molecule has 8 nitrogen and oxygen atoms in total. The molecule has 28 heavy (non-hydrogen) atoms. The minimum atomic E-state index is -1.25. The van der Waals surface area contributed by atoms with Crippen molar-refractivity contribution in [1.82, 2.24) is 0 Å². The summed E-state index contributed by atoms with van der Waals surface area (Å²) in [6.45, 7) is 0. The third-order valence-corrected chi connectivity index (χ3v) is 4.15. The summed E-state index contributed by atoms with van der Waals surface area (Å²) in [6.07, 6.45) is -0.348. The smallest absolute Gasteiger partial charge is 0.337 e. The van der Waals surface area contributed by atoms with Gasteiger partial charge in [-0.15, -0.1) is 0 Å². The number of benzene rings is 2. The van der Waals surface area contributed by atoms with Crippen molar-refractivity contribution >= 4 is 23.5 Å². The van der Waals surface area contributed by atoms with Gasteiger partial charge in [-0.3, -0.25) is 9.59 Å². The van der Waals surface area contributed by atoms with Gasteiger partial charge in [-0.1, -0.05) is 30.3 Å². The number of nitrogens with one attached hydrogen (secondary N) is 1. The molecule has 8 heteroatoms. The van der Waals surface area contributed by atoms with E-state index in [-0.39, 0.29) is 35.6 Å². The summed E-state index contributed by atoms with van der Waals surface area (Å²) in [7, 11) is 2.76. The number of rotatable bonds is 9. The van der Waals surface area contributed by atoms with Crippen molar-refractivity contribution in [2.45, 2.75) is 18.8 Å². The fraction of sp³-hybridized carbons (Fsp3) is 0.250. The highest BCUT2D eigenvalue weighted by Gasteiger charge is 2.22. The molecule has 0 aliphatic carbocycles. The molecule has 3 N–H and O–H groups in total. The minimum absolute atomic E-state index is 0.0392. The number of hydrogen-bond acceptors (Lipinski definition) is 5. The Kier molecular flexibility index (Phi) is 6.97. The van der Waals surface area contributed by atoms with Crippen LogP contribution in [0.3, 0.4) is 0 Å². The summed E-state index contributed by atoms with van der Waals surface area (Å²) < 4.78 is 10.2.